The first-order valence-corrected chi connectivity index (χ1v) is 7.09. The molecule has 2 heterocycles. The van der Waals surface area contributed by atoms with Crippen molar-refractivity contribution in [2.45, 2.75) is 25.7 Å². The Morgan fingerprint density at radius 2 is 1.71 bits per heavy atom. The van der Waals surface area contributed by atoms with E-state index in [1.54, 1.807) is 0 Å². The fraction of sp³-hybridized carbons (Fsp3) is 0.857. The summed E-state index contributed by atoms with van der Waals surface area (Å²) in [5.74, 6) is 0.926. The lowest BCUT2D eigenvalue weighted by molar-refractivity contribution is 0.162. The van der Waals surface area contributed by atoms with Crippen LogP contribution in [0.1, 0.15) is 25.7 Å². The van der Waals surface area contributed by atoms with Crippen LogP contribution in [0.25, 0.3) is 0 Å². The molecule has 0 aromatic carbocycles. The quantitative estimate of drug-likeness (QED) is 0.732. The second-order valence-corrected chi connectivity index (χ2v) is 5.68. The van der Waals surface area contributed by atoms with Gasteiger partial charge in [-0.1, -0.05) is 6.58 Å². The van der Waals surface area contributed by atoms with Gasteiger partial charge in [-0.2, -0.15) is 0 Å². The molecular formula is C14H27N3. The van der Waals surface area contributed by atoms with Crippen LogP contribution in [0.3, 0.4) is 0 Å². The number of nitrogens with zero attached hydrogens (tertiary/aromatic N) is 2. The maximum atomic E-state index is 5.59. The first-order chi connectivity index (χ1) is 8.28. The SMILES string of the molecule is C=C(CN)CN1CCC(CN2CCCC2)CC1. The minimum Gasteiger partial charge on any atom is -0.327 e. The molecule has 17 heavy (non-hydrogen) atoms. The molecule has 0 radical (unpaired) electrons. The zero-order valence-corrected chi connectivity index (χ0v) is 11.0. The van der Waals surface area contributed by atoms with E-state index in [9.17, 15) is 0 Å². The highest BCUT2D eigenvalue weighted by molar-refractivity contribution is 4.99. The van der Waals surface area contributed by atoms with Gasteiger partial charge in [-0.05, 0) is 63.4 Å². The molecule has 2 fully saturated rings. The smallest absolute Gasteiger partial charge is 0.0202 e. The van der Waals surface area contributed by atoms with E-state index in [-0.39, 0.29) is 0 Å². The molecule has 3 heteroatoms. The molecule has 98 valence electrons. The van der Waals surface area contributed by atoms with Gasteiger partial charge in [0.1, 0.15) is 0 Å². The predicted molar refractivity (Wildman–Crippen MR) is 73.0 cm³/mol. The fourth-order valence-corrected chi connectivity index (χ4v) is 3.04. The van der Waals surface area contributed by atoms with Crippen LogP contribution in [-0.2, 0) is 0 Å². The number of rotatable bonds is 5. The molecule has 2 N–H and O–H groups in total. The van der Waals surface area contributed by atoms with E-state index < -0.39 is 0 Å². The van der Waals surface area contributed by atoms with Gasteiger partial charge in [-0.25, -0.2) is 0 Å². The summed E-state index contributed by atoms with van der Waals surface area (Å²) >= 11 is 0. The van der Waals surface area contributed by atoms with Gasteiger partial charge >= 0.3 is 0 Å². The highest BCUT2D eigenvalue weighted by atomic mass is 15.2. The third-order valence-corrected chi connectivity index (χ3v) is 4.16. The van der Waals surface area contributed by atoms with E-state index in [1.165, 1.54) is 64.0 Å². The van der Waals surface area contributed by atoms with Crippen molar-refractivity contribution in [3.8, 4) is 0 Å². The number of likely N-dealkylation sites (tertiary alicyclic amines) is 2. The maximum Gasteiger partial charge on any atom is 0.0202 e. The highest BCUT2D eigenvalue weighted by Crippen LogP contribution is 2.20. The largest absolute Gasteiger partial charge is 0.327 e. The fourth-order valence-electron chi connectivity index (χ4n) is 3.04. The van der Waals surface area contributed by atoms with Gasteiger partial charge in [-0.3, -0.25) is 4.90 Å². The third kappa shape index (κ3) is 4.09. The summed E-state index contributed by atoms with van der Waals surface area (Å²) in [7, 11) is 0. The molecule has 2 aliphatic rings. The molecule has 0 amide bonds. The lowest BCUT2D eigenvalue weighted by atomic mass is 9.96. The van der Waals surface area contributed by atoms with Crippen molar-refractivity contribution in [1.82, 2.24) is 9.80 Å². The summed E-state index contributed by atoms with van der Waals surface area (Å²) in [5, 5.41) is 0. The van der Waals surface area contributed by atoms with Crippen molar-refractivity contribution in [3.05, 3.63) is 12.2 Å². The first kappa shape index (κ1) is 13.1. The van der Waals surface area contributed by atoms with Crippen molar-refractivity contribution >= 4 is 0 Å². The van der Waals surface area contributed by atoms with Gasteiger partial charge in [0.05, 0.1) is 0 Å². The van der Waals surface area contributed by atoms with Crippen molar-refractivity contribution < 1.29 is 0 Å². The Kier molecular flexibility index (Phi) is 5.01. The van der Waals surface area contributed by atoms with Crippen molar-refractivity contribution in [1.29, 1.82) is 0 Å². The summed E-state index contributed by atoms with van der Waals surface area (Å²) in [5.41, 5.74) is 6.76. The van der Waals surface area contributed by atoms with Crippen LogP contribution < -0.4 is 5.73 Å². The molecule has 0 aliphatic carbocycles. The Balaban J connectivity index is 1.65. The van der Waals surface area contributed by atoms with Gasteiger partial charge in [-0.15, -0.1) is 0 Å². The van der Waals surface area contributed by atoms with Crippen LogP contribution >= 0.6 is 0 Å². The van der Waals surface area contributed by atoms with Crippen molar-refractivity contribution in [3.63, 3.8) is 0 Å². The zero-order chi connectivity index (χ0) is 12.1. The van der Waals surface area contributed by atoms with E-state index in [1.807, 2.05) is 0 Å². The summed E-state index contributed by atoms with van der Waals surface area (Å²) in [6, 6.07) is 0. The molecule has 0 unspecified atom stereocenters. The van der Waals surface area contributed by atoms with Crippen LogP contribution in [0.4, 0.5) is 0 Å². The summed E-state index contributed by atoms with van der Waals surface area (Å²) in [6.45, 7) is 12.1. The summed E-state index contributed by atoms with van der Waals surface area (Å²) in [4.78, 5) is 5.16. The topological polar surface area (TPSA) is 32.5 Å². The van der Waals surface area contributed by atoms with Crippen molar-refractivity contribution in [2.75, 3.05) is 45.8 Å². The molecule has 2 aliphatic heterocycles. The second-order valence-electron chi connectivity index (χ2n) is 5.68. The normalized spacial score (nSPS) is 24.3. The van der Waals surface area contributed by atoms with E-state index in [0.717, 1.165) is 12.5 Å². The Hall–Kier alpha value is -0.380. The Morgan fingerprint density at radius 3 is 2.29 bits per heavy atom. The molecule has 0 atom stereocenters. The summed E-state index contributed by atoms with van der Waals surface area (Å²) < 4.78 is 0. The molecule has 2 rings (SSSR count). The monoisotopic (exact) mass is 237 g/mol. The maximum absolute atomic E-state index is 5.59. The molecule has 0 aromatic heterocycles. The molecule has 0 aromatic rings. The molecule has 0 saturated carbocycles. The van der Waals surface area contributed by atoms with Crippen LogP contribution in [-0.4, -0.2) is 55.6 Å². The van der Waals surface area contributed by atoms with Crippen molar-refractivity contribution in [2.24, 2.45) is 11.7 Å². The van der Waals surface area contributed by atoms with Crippen LogP contribution in [0.2, 0.25) is 0 Å². The van der Waals surface area contributed by atoms with E-state index >= 15 is 0 Å². The molecule has 0 bridgehead atoms. The van der Waals surface area contributed by atoms with Crippen LogP contribution in [0, 0.1) is 5.92 Å². The average Bonchev–Trinajstić information content (AvgIpc) is 2.84. The van der Waals surface area contributed by atoms with Gasteiger partial charge < -0.3 is 10.6 Å². The Labute approximate surface area is 106 Å². The van der Waals surface area contributed by atoms with Gasteiger partial charge in [0, 0.05) is 19.6 Å². The van der Waals surface area contributed by atoms with Crippen LogP contribution in [0.15, 0.2) is 12.2 Å². The Bertz CT molecular complexity index is 238. The number of piperidine rings is 1. The first-order valence-electron chi connectivity index (χ1n) is 7.09. The molecule has 2 saturated heterocycles. The lowest BCUT2D eigenvalue weighted by Crippen LogP contribution is -2.39. The van der Waals surface area contributed by atoms with E-state index in [2.05, 4.69) is 16.4 Å². The molecular weight excluding hydrogens is 210 g/mol. The van der Waals surface area contributed by atoms with E-state index in [4.69, 9.17) is 5.73 Å². The standard InChI is InChI=1S/C14H27N3/c1-13(10-15)11-17-8-4-14(5-9-17)12-16-6-2-3-7-16/h14H,1-12,15H2. The number of nitrogens with two attached hydrogens (primary N) is 1. The predicted octanol–water partition coefficient (Wildman–Crippen LogP) is 1.31. The van der Waals surface area contributed by atoms with Crippen LogP contribution in [0.5, 0.6) is 0 Å². The Morgan fingerprint density at radius 1 is 1.06 bits per heavy atom. The second kappa shape index (κ2) is 6.53. The average molecular weight is 237 g/mol. The van der Waals surface area contributed by atoms with Gasteiger partial charge in [0.15, 0.2) is 0 Å². The number of hydrogen-bond acceptors (Lipinski definition) is 3. The summed E-state index contributed by atoms with van der Waals surface area (Å²) in [6.07, 6.45) is 5.53. The minimum atomic E-state index is 0.633. The third-order valence-electron chi connectivity index (χ3n) is 4.16. The van der Waals surface area contributed by atoms with Gasteiger partial charge in [0.25, 0.3) is 0 Å². The highest BCUT2D eigenvalue weighted by Gasteiger charge is 2.22. The lowest BCUT2D eigenvalue weighted by Gasteiger charge is -2.34. The zero-order valence-electron chi connectivity index (χ0n) is 11.0. The molecule has 0 spiro atoms. The van der Waals surface area contributed by atoms with E-state index in [0.29, 0.717) is 6.54 Å². The number of hydrogen-bond donors (Lipinski definition) is 1. The molecule has 3 nitrogen and oxygen atoms in total. The van der Waals surface area contributed by atoms with Gasteiger partial charge in [0.2, 0.25) is 0 Å². The minimum absolute atomic E-state index is 0.633.